The van der Waals surface area contributed by atoms with Crippen molar-refractivity contribution in [1.29, 1.82) is 0 Å². The van der Waals surface area contributed by atoms with E-state index in [1.807, 2.05) is 12.2 Å². The van der Waals surface area contributed by atoms with Crippen LogP contribution in [0.25, 0.3) is 34.1 Å². The molecule has 21 heavy (non-hydrogen) atoms. The first-order valence-electron chi connectivity index (χ1n) is 7.11. The fourth-order valence-electron chi connectivity index (χ4n) is 2.78. The third-order valence-corrected chi connectivity index (χ3v) is 3.87. The summed E-state index contributed by atoms with van der Waals surface area (Å²) in [4.78, 5) is 0. The molecule has 0 bridgehead atoms. The van der Waals surface area contributed by atoms with Crippen LogP contribution in [0.4, 0.5) is 0 Å². The average molecular weight is 270 g/mol. The summed E-state index contributed by atoms with van der Waals surface area (Å²) in [6, 6.07) is 19.4. The van der Waals surface area contributed by atoms with Crippen LogP contribution in [0.2, 0.25) is 0 Å². The number of hydrogen-bond donors (Lipinski definition) is 0. The van der Waals surface area contributed by atoms with E-state index < -0.39 is 0 Å². The number of benzene rings is 3. The molecule has 0 saturated carbocycles. The van der Waals surface area contributed by atoms with E-state index in [2.05, 4.69) is 74.7 Å². The van der Waals surface area contributed by atoms with Gasteiger partial charge in [0.2, 0.25) is 0 Å². The Morgan fingerprint density at radius 3 is 2.33 bits per heavy atom. The van der Waals surface area contributed by atoms with Crippen LogP contribution in [0.15, 0.2) is 67.8 Å². The van der Waals surface area contributed by atoms with Gasteiger partial charge < -0.3 is 0 Å². The summed E-state index contributed by atoms with van der Waals surface area (Å²) in [5.41, 5.74) is 6.05. The Balaban J connectivity index is 2.22. The van der Waals surface area contributed by atoms with Gasteiger partial charge in [-0.3, -0.25) is 0 Å². The maximum Gasteiger partial charge on any atom is -0.0105 e. The molecule has 102 valence electrons. The monoisotopic (exact) mass is 270 g/mol. The van der Waals surface area contributed by atoms with Crippen LogP contribution in [0.5, 0.6) is 0 Å². The minimum Gasteiger partial charge on any atom is -0.0984 e. The predicted molar refractivity (Wildman–Crippen MR) is 94.3 cm³/mol. The lowest BCUT2D eigenvalue weighted by Gasteiger charge is -2.09. The quantitative estimate of drug-likeness (QED) is 0.539. The molecule has 0 unspecified atom stereocenters. The van der Waals surface area contributed by atoms with Gasteiger partial charge in [-0.25, -0.2) is 0 Å². The molecular weight excluding hydrogens is 252 g/mol. The highest BCUT2D eigenvalue weighted by Crippen LogP contribution is 2.29. The third-order valence-electron chi connectivity index (χ3n) is 3.87. The minimum absolute atomic E-state index is 1.13. The lowest BCUT2D eigenvalue weighted by atomic mass is 9.95. The van der Waals surface area contributed by atoms with Gasteiger partial charge in [0.05, 0.1) is 0 Å². The highest BCUT2D eigenvalue weighted by molar-refractivity contribution is 5.96. The van der Waals surface area contributed by atoms with E-state index in [9.17, 15) is 0 Å². The molecule has 0 atom stereocenters. The minimum atomic E-state index is 1.13. The topological polar surface area (TPSA) is 0 Å². The first-order valence-corrected chi connectivity index (χ1v) is 7.11. The second-order valence-electron chi connectivity index (χ2n) is 5.28. The van der Waals surface area contributed by atoms with Gasteiger partial charge in [-0.2, -0.15) is 0 Å². The zero-order valence-corrected chi connectivity index (χ0v) is 12.3. The molecule has 0 radical (unpaired) electrons. The van der Waals surface area contributed by atoms with E-state index in [0.29, 0.717) is 0 Å². The molecule has 0 spiro atoms. The van der Waals surface area contributed by atoms with Crippen molar-refractivity contribution >= 4 is 22.9 Å². The number of fused-ring (bicyclic) bond motifs is 1. The first kappa shape index (κ1) is 13.4. The lowest BCUT2D eigenvalue weighted by Crippen LogP contribution is -1.86. The molecule has 0 saturated heterocycles. The Bertz CT molecular complexity index is 838. The summed E-state index contributed by atoms with van der Waals surface area (Å²) in [6.07, 6.45) is 3.79. The Hall–Kier alpha value is -2.60. The number of aryl methyl sites for hydroxylation is 1. The van der Waals surface area contributed by atoms with Gasteiger partial charge in [0, 0.05) is 0 Å². The van der Waals surface area contributed by atoms with Crippen LogP contribution < -0.4 is 0 Å². The molecule has 0 N–H and O–H groups in total. The highest BCUT2D eigenvalue weighted by atomic mass is 14.1. The van der Waals surface area contributed by atoms with Crippen molar-refractivity contribution in [3.8, 4) is 11.1 Å². The molecule has 0 fully saturated rings. The second kappa shape index (κ2) is 5.41. The van der Waals surface area contributed by atoms with Gasteiger partial charge in [-0.05, 0) is 46.0 Å². The summed E-state index contributed by atoms with van der Waals surface area (Å²) in [6.45, 7) is 9.93. The summed E-state index contributed by atoms with van der Waals surface area (Å²) in [7, 11) is 0. The average Bonchev–Trinajstić information content (AvgIpc) is 2.53. The Kier molecular flexibility index (Phi) is 3.45. The van der Waals surface area contributed by atoms with Crippen LogP contribution >= 0.6 is 0 Å². The fraction of sp³-hybridized carbons (Fsp3) is 0.0476. The van der Waals surface area contributed by atoms with Crippen molar-refractivity contribution in [2.75, 3.05) is 0 Å². The second-order valence-corrected chi connectivity index (χ2v) is 5.28. The highest BCUT2D eigenvalue weighted by Gasteiger charge is 2.05. The van der Waals surface area contributed by atoms with Crippen LogP contribution in [0.1, 0.15) is 16.7 Å². The van der Waals surface area contributed by atoms with Gasteiger partial charge >= 0.3 is 0 Å². The van der Waals surface area contributed by atoms with Gasteiger partial charge in [-0.15, -0.1) is 0 Å². The van der Waals surface area contributed by atoms with E-state index in [0.717, 1.165) is 11.1 Å². The van der Waals surface area contributed by atoms with E-state index in [-0.39, 0.29) is 0 Å². The molecule has 0 nitrogen and oxygen atoms in total. The largest absolute Gasteiger partial charge is 0.0984 e. The van der Waals surface area contributed by atoms with E-state index in [1.165, 1.54) is 27.5 Å². The molecule has 0 aliphatic heterocycles. The van der Waals surface area contributed by atoms with Crippen LogP contribution in [0, 0.1) is 6.92 Å². The van der Waals surface area contributed by atoms with Crippen LogP contribution in [-0.4, -0.2) is 0 Å². The number of hydrogen-bond acceptors (Lipinski definition) is 0. The molecule has 0 amide bonds. The molecule has 3 rings (SSSR count). The SMILES string of the molecule is C=Cc1ccc2cc(-c3cccc(C)c3)ccc2c1C=C. The maximum atomic E-state index is 3.93. The summed E-state index contributed by atoms with van der Waals surface area (Å²) in [5.74, 6) is 0. The van der Waals surface area contributed by atoms with E-state index in [1.54, 1.807) is 0 Å². The van der Waals surface area contributed by atoms with Crippen molar-refractivity contribution < 1.29 is 0 Å². The van der Waals surface area contributed by atoms with Crippen molar-refractivity contribution in [1.82, 2.24) is 0 Å². The maximum absolute atomic E-state index is 3.93. The van der Waals surface area contributed by atoms with Gasteiger partial charge in [0.1, 0.15) is 0 Å². The normalized spacial score (nSPS) is 10.5. The molecule has 3 aromatic carbocycles. The van der Waals surface area contributed by atoms with Crippen molar-refractivity contribution in [2.45, 2.75) is 6.92 Å². The molecule has 3 aromatic rings. The lowest BCUT2D eigenvalue weighted by molar-refractivity contribution is 1.47. The molecule has 0 heteroatoms. The van der Waals surface area contributed by atoms with Crippen molar-refractivity contribution in [3.63, 3.8) is 0 Å². The molecule has 0 aliphatic carbocycles. The molecular formula is C21H18. The van der Waals surface area contributed by atoms with Gasteiger partial charge in [0.15, 0.2) is 0 Å². The van der Waals surface area contributed by atoms with Gasteiger partial charge in [-0.1, -0.05) is 79.4 Å². The standard InChI is InChI=1S/C21H18/c1-4-16-9-10-19-14-18(11-12-21(19)20(16)5-2)17-8-6-7-15(3)13-17/h4-14H,1-2H2,3H3. The summed E-state index contributed by atoms with van der Waals surface area (Å²) in [5, 5.41) is 2.45. The predicted octanol–water partition coefficient (Wildman–Crippen LogP) is 6.10. The molecule has 0 aliphatic rings. The fourth-order valence-corrected chi connectivity index (χ4v) is 2.78. The zero-order valence-electron chi connectivity index (χ0n) is 12.3. The summed E-state index contributed by atoms with van der Waals surface area (Å²) < 4.78 is 0. The van der Waals surface area contributed by atoms with Crippen molar-refractivity contribution in [2.24, 2.45) is 0 Å². The molecule has 0 aromatic heterocycles. The van der Waals surface area contributed by atoms with Crippen molar-refractivity contribution in [3.05, 3.63) is 84.4 Å². The van der Waals surface area contributed by atoms with Crippen LogP contribution in [0.3, 0.4) is 0 Å². The first-order chi connectivity index (χ1) is 10.2. The number of rotatable bonds is 3. The smallest absolute Gasteiger partial charge is 0.0105 e. The Morgan fingerprint density at radius 2 is 1.62 bits per heavy atom. The Labute approximate surface area is 126 Å². The third kappa shape index (κ3) is 2.41. The zero-order chi connectivity index (χ0) is 14.8. The van der Waals surface area contributed by atoms with E-state index in [4.69, 9.17) is 0 Å². The van der Waals surface area contributed by atoms with Gasteiger partial charge in [0.25, 0.3) is 0 Å². The van der Waals surface area contributed by atoms with Crippen LogP contribution in [-0.2, 0) is 0 Å². The molecule has 0 heterocycles. The van der Waals surface area contributed by atoms with E-state index >= 15 is 0 Å². The summed E-state index contributed by atoms with van der Waals surface area (Å²) >= 11 is 0. The Morgan fingerprint density at radius 1 is 0.810 bits per heavy atom.